The largest absolute Gasteiger partial charge is 0.256 e. The molecule has 0 aliphatic heterocycles. The lowest BCUT2D eigenvalue weighted by Gasteiger charge is -2.34. The van der Waals surface area contributed by atoms with Crippen LogP contribution in [-0.2, 0) is 5.41 Å². The molecule has 338 valence electrons. The van der Waals surface area contributed by atoms with Crippen LogP contribution in [0.15, 0.2) is 261 Å². The quantitative estimate of drug-likeness (QED) is 0.0840. The molecule has 2 heteroatoms. The predicted octanol–water partition coefficient (Wildman–Crippen LogP) is 15.5. The first-order valence-corrected chi connectivity index (χ1v) is 27.2. The zero-order chi connectivity index (χ0) is 48.0. The zero-order valence-corrected chi connectivity index (χ0v) is 41.3. The van der Waals surface area contributed by atoms with Crippen molar-refractivity contribution in [3.05, 3.63) is 272 Å². The molecule has 1 aromatic heterocycles. The maximum absolute atomic E-state index is 4.77. The fourth-order valence-electron chi connectivity index (χ4n) is 12.5. The SMILES string of the molecule is CC1(C)c2cc(-c3cc(-c4ccc([Si](c5ccccc5)(c5ccccc5)c5ccccc5)cc4)cc(-c4ccnc5ccccc45)c3)ccc2-c2ccc(-c3ccc4ccc5cccc6ccc3c4c56)cc21. The number of fused-ring (bicyclic) bond motifs is 4. The van der Waals surface area contributed by atoms with Gasteiger partial charge in [0, 0.05) is 17.0 Å². The molecule has 1 aliphatic rings. The van der Waals surface area contributed by atoms with Gasteiger partial charge in [-0.15, -0.1) is 0 Å². The van der Waals surface area contributed by atoms with Gasteiger partial charge in [-0.2, -0.15) is 0 Å². The molecule has 0 fully saturated rings. The van der Waals surface area contributed by atoms with Crippen LogP contribution in [0, 0.1) is 0 Å². The van der Waals surface area contributed by atoms with E-state index in [9.17, 15) is 0 Å². The lowest BCUT2D eigenvalue weighted by Crippen LogP contribution is -2.74. The van der Waals surface area contributed by atoms with Crippen molar-refractivity contribution in [2.45, 2.75) is 19.3 Å². The first-order valence-electron chi connectivity index (χ1n) is 25.2. The summed E-state index contributed by atoms with van der Waals surface area (Å²) in [5.41, 5.74) is 15.8. The molecule has 13 aromatic rings. The minimum atomic E-state index is -2.69. The van der Waals surface area contributed by atoms with Gasteiger partial charge in [-0.05, 0) is 162 Å². The number of aromatic nitrogens is 1. The minimum Gasteiger partial charge on any atom is -0.256 e. The van der Waals surface area contributed by atoms with Gasteiger partial charge in [0.05, 0.1) is 5.52 Å². The van der Waals surface area contributed by atoms with Crippen LogP contribution < -0.4 is 20.7 Å². The smallest absolute Gasteiger partial charge is 0.179 e. The van der Waals surface area contributed by atoms with Crippen LogP contribution in [0.1, 0.15) is 25.0 Å². The fraction of sp³-hybridized carbons (Fsp3) is 0.0429. The highest BCUT2D eigenvalue weighted by Crippen LogP contribution is 2.52. The monoisotopic (exact) mass is 931 g/mol. The Labute approximate surface area is 421 Å². The van der Waals surface area contributed by atoms with Gasteiger partial charge in [-0.25, -0.2) is 0 Å². The van der Waals surface area contributed by atoms with E-state index in [1.165, 1.54) is 120 Å². The van der Waals surface area contributed by atoms with Gasteiger partial charge in [-0.3, -0.25) is 4.98 Å². The van der Waals surface area contributed by atoms with E-state index < -0.39 is 8.07 Å². The molecule has 1 aliphatic carbocycles. The van der Waals surface area contributed by atoms with Gasteiger partial charge >= 0.3 is 0 Å². The maximum Gasteiger partial charge on any atom is 0.179 e. The Bertz CT molecular complexity index is 4100. The molecule has 0 amide bonds. The molecule has 0 saturated carbocycles. The summed E-state index contributed by atoms with van der Waals surface area (Å²) in [6, 6.07) is 95.8. The average molecular weight is 932 g/mol. The first-order chi connectivity index (χ1) is 35.4. The molecule has 14 rings (SSSR count). The minimum absolute atomic E-state index is 0.218. The zero-order valence-electron chi connectivity index (χ0n) is 40.3. The Kier molecular flexibility index (Phi) is 9.64. The predicted molar refractivity (Wildman–Crippen MR) is 308 cm³/mol. The highest BCUT2D eigenvalue weighted by Gasteiger charge is 2.41. The summed E-state index contributed by atoms with van der Waals surface area (Å²) in [6.45, 7) is 4.82. The number of para-hydroxylation sites is 1. The number of pyridine rings is 1. The summed E-state index contributed by atoms with van der Waals surface area (Å²) in [5, 5.41) is 14.5. The number of hydrogen-bond donors (Lipinski definition) is 0. The van der Waals surface area contributed by atoms with Gasteiger partial charge in [0.2, 0.25) is 0 Å². The van der Waals surface area contributed by atoms with Crippen molar-refractivity contribution in [1.29, 1.82) is 0 Å². The van der Waals surface area contributed by atoms with E-state index in [1.54, 1.807) is 0 Å². The van der Waals surface area contributed by atoms with Crippen LogP contribution in [0.3, 0.4) is 0 Å². The van der Waals surface area contributed by atoms with Gasteiger partial charge in [0.1, 0.15) is 0 Å². The molecule has 0 saturated heterocycles. The maximum atomic E-state index is 4.77. The summed E-state index contributed by atoms with van der Waals surface area (Å²) in [6.07, 6.45) is 1.95. The van der Waals surface area contributed by atoms with Crippen molar-refractivity contribution >= 4 is 72.0 Å². The number of rotatable bonds is 8. The molecular weight excluding hydrogens is 883 g/mol. The van der Waals surface area contributed by atoms with Crippen LogP contribution in [0.5, 0.6) is 0 Å². The van der Waals surface area contributed by atoms with Crippen LogP contribution in [0.2, 0.25) is 0 Å². The van der Waals surface area contributed by atoms with E-state index in [0.717, 1.165) is 10.9 Å². The van der Waals surface area contributed by atoms with Crippen LogP contribution >= 0.6 is 0 Å². The third-order valence-electron chi connectivity index (χ3n) is 16.0. The average Bonchev–Trinajstić information content (AvgIpc) is 3.67. The second-order valence-corrected chi connectivity index (χ2v) is 24.0. The Balaban J connectivity index is 0.895. The summed E-state index contributed by atoms with van der Waals surface area (Å²) < 4.78 is 0. The topological polar surface area (TPSA) is 12.9 Å². The molecule has 72 heavy (non-hydrogen) atoms. The third-order valence-corrected chi connectivity index (χ3v) is 20.8. The van der Waals surface area contributed by atoms with Crippen molar-refractivity contribution in [3.63, 3.8) is 0 Å². The van der Waals surface area contributed by atoms with Gasteiger partial charge < -0.3 is 0 Å². The molecule has 0 unspecified atom stereocenters. The van der Waals surface area contributed by atoms with E-state index in [4.69, 9.17) is 4.98 Å². The fourth-order valence-corrected chi connectivity index (χ4v) is 17.3. The standard InChI is InChI=1S/C70H49NSi/c1-70(2)65-44-50(31-36-61(65)62-37-32-51(45-66(62)70)59-35-29-49-26-25-47-15-14-16-48-30-38-64(59)69(49)68(47)48)53-41-52(42-54(43-53)60-39-40-71-67-24-13-12-23-63(60)67)46-27-33-58(34-28-46)72(55-17-6-3-7-18-55,56-19-8-4-9-20-56)57-21-10-5-11-22-57/h3-45H,1-2H3. The Morgan fingerprint density at radius 2 is 0.778 bits per heavy atom. The molecule has 0 bridgehead atoms. The molecule has 1 nitrogen and oxygen atoms in total. The van der Waals surface area contributed by atoms with E-state index in [-0.39, 0.29) is 5.41 Å². The van der Waals surface area contributed by atoms with Crippen molar-refractivity contribution in [3.8, 4) is 55.6 Å². The molecule has 0 radical (unpaired) electrons. The Morgan fingerprint density at radius 1 is 0.306 bits per heavy atom. The van der Waals surface area contributed by atoms with E-state index in [0.29, 0.717) is 0 Å². The molecule has 0 N–H and O–H groups in total. The summed E-state index contributed by atoms with van der Waals surface area (Å²) in [5.74, 6) is 0. The second-order valence-electron chi connectivity index (χ2n) is 20.2. The molecule has 1 heterocycles. The number of benzene rings is 12. The van der Waals surface area contributed by atoms with Crippen molar-refractivity contribution in [1.82, 2.24) is 4.98 Å². The normalized spacial score (nSPS) is 13.0. The molecule has 0 spiro atoms. The van der Waals surface area contributed by atoms with Crippen molar-refractivity contribution < 1.29 is 0 Å². The highest BCUT2D eigenvalue weighted by atomic mass is 28.3. The number of hydrogen-bond acceptors (Lipinski definition) is 1. The summed E-state index contributed by atoms with van der Waals surface area (Å²) >= 11 is 0. The van der Waals surface area contributed by atoms with E-state index in [1.807, 2.05) is 6.20 Å². The first kappa shape index (κ1) is 42.2. The van der Waals surface area contributed by atoms with Crippen LogP contribution in [-0.4, -0.2) is 13.1 Å². The Morgan fingerprint density at radius 3 is 1.43 bits per heavy atom. The lowest BCUT2D eigenvalue weighted by atomic mass is 9.80. The van der Waals surface area contributed by atoms with Gasteiger partial charge in [0.25, 0.3) is 0 Å². The molecule has 12 aromatic carbocycles. The second kappa shape index (κ2) is 16.5. The van der Waals surface area contributed by atoms with Crippen molar-refractivity contribution in [2.24, 2.45) is 0 Å². The summed E-state index contributed by atoms with van der Waals surface area (Å²) in [7, 11) is -2.69. The highest BCUT2D eigenvalue weighted by molar-refractivity contribution is 7.19. The number of nitrogens with zero attached hydrogens (tertiary/aromatic N) is 1. The van der Waals surface area contributed by atoms with Crippen LogP contribution in [0.4, 0.5) is 0 Å². The molecule has 0 atom stereocenters. The van der Waals surface area contributed by atoms with Gasteiger partial charge in [-0.1, -0.05) is 226 Å². The van der Waals surface area contributed by atoms with Crippen molar-refractivity contribution in [2.75, 3.05) is 0 Å². The lowest BCUT2D eigenvalue weighted by molar-refractivity contribution is 0.661. The van der Waals surface area contributed by atoms with Crippen LogP contribution in [0.25, 0.3) is 98.9 Å². The molecular formula is C70H49NSi. The summed E-state index contributed by atoms with van der Waals surface area (Å²) in [4.78, 5) is 4.77. The van der Waals surface area contributed by atoms with E-state index >= 15 is 0 Å². The third kappa shape index (κ3) is 6.49. The van der Waals surface area contributed by atoms with E-state index in [2.05, 4.69) is 269 Å². The Hall–Kier alpha value is -8.69. The van der Waals surface area contributed by atoms with Gasteiger partial charge in [0.15, 0.2) is 8.07 Å².